The monoisotopic (exact) mass is 876 g/mol. The van der Waals surface area contributed by atoms with E-state index in [1.54, 1.807) is 0 Å². The number of para-hydroxylation sites is 4. The molecule has 0 saturated heterocycles. The summed E-state index contributed by atoms with van der Waals surface area (Å²) in [6.45, 7) is 19.2. The molecular formula is C66H56N2. The Hall–Kier alpha value is -7.42. The van der Waals surface area contributed by atoms with Crippen LogP contribution in [0, 0.1) is 0 Å². The molecule has 0 unspecified atom stereocenters. The Morgan fingerprint density at radius 3 is 0.632 bits per heavy atom. The second-order valence-electron chi connectivity index (χ2n) is 21.8. The third kappa shape index (κ3) is 5.58. The molecule has 0 fully saturated rings. The van der Waals surface area contributed by atoms with E-state index in [1.165, 1.54) is 123 Å². The SMILES string of the molecule is CC1(C)c2ccccc2N2c3ccccc3C(C)(C)c3cc(-c4ccc(-c5ccc(-c6ccc(-c7cc8c9c(c7)C(C)(C)c7ccccc7N9c7ccccc7C8(C)C)cc6)cc5)cc4)cc1c32. The van der Waals surface area contributed by atoms with E-state index in [1.807, 2.05) is 0 Å². The first-order valence-corrected chi connectivity index (χ1v) is 24.4. The Bertz CT molecular complexity index is 3150. The van der Waals surface area contributed by atoms with Gasteiger partial charge in [-0.2, -0.15) is 0 Å². The minimum atomic E-state index is -0.161. The maximum absolute atomic E-state index is 2.54. The predicted molar refractivity (Wildman–Crippen MR) is 286 cm³/mol. The fourth-order valence-electron chi connectivity index (χ4n) is 12.7. The molecule has 0 spiro atoms. The van der Waals surface area contributed by atoms with Crippen LogP contribution in [0.15, 0.2) is 194 Å². The average Bonchev–Trinajstić information content (AvgIpc) is 3.36. The van der Waals surface area contributed by atoms with Gasteiger partial charge in [0.15, 0.2) is 0 Å². The zero-order valence-corrected chi connectivity index (χ0v) is 40.4. The van der Waals surface area contributed by atoms with Gasteiger partial charge in [-0.05, 0) is 138 Å². The normalized spacial score (nSPS) is 16.6. The lowest BCUT2D eigenvalue weighted by Crippen LogP contribution is -2.38. The van der Waals surface area contributed by atoms with Crippen LogP contribution in [-0.2, 0) is 21.7 Å². The quantitative estimate of drug-likeness (QED) is 0.174. The zero-order chi connectivity index (χ0) is 46.5. The highest BCUT2D eigenvalue weighted by atomic mass is 15.2. The number of fused-ring (bicyclic) bond motifs is 8. The van der Waals surface area contributed by atoms with Gasteiger partial charge < -0.3 is 9.80 Å². The summed E-state index contributed by atoms with van der Waals surface area (Å²) in [6.07, 6.45) is 0. The van der Waals surface area contributed by atoms with Crippen molar-refractivity contribution in [3.8, 4) is 44.5 Å². The van der Waals surface area contributed by atoms with Gasteiger partial charge in [0.05, 0.1) is 34.1 Å². The summed E-state index contributed by atoms with van der Waals surface area (Å²) in [5, 5.41) is 0. The Labute approximate surface area is 402 Å². The molecule has 68 heavy (non-hydrogen) atoms. The molecule has 0 bridgehead atoms. The molecule has 4 aliphatic heterocycles. The van der Waals surface area contributed by atoms with Gasteiger partial charge in [-0.1, -0.05) is 201 Å². The van der Waals surface area contributed by atoms with E-state index in [2.05, 4.69) is 259 Å². The van der Waals surface area contributed by atoms with Crippen LogP contribution in [0.5, 0.6) is 0 Å². The Kier molecular flexibility index (Phi) is 8.44. The van der Waals surface area contributed by atoms with Gasteiger partial charge in [0, 0.05) is 21.7 Å². The van der Waals surface area contributed by atoms with Gasteiger partial charge in [0.2, 0.25) is 0 Å². The van der Waals surface area contributed by atoms with Crippen molar-refractivity contribution in [1.29, 1.82) is 0 Å². The number of hydrogen-bond acceptors (Lipinski definition) is 2. The van der Waals surface area contributed by atoms with E-state index >= 15 is 0 Å². The van der Waals surface area contributed by atoms with E-state index in [4.69, 9.17) is 0 Å². The van der Waals surface area contributed by atoms with Crippen LogP contribution in [0.25, 0.3) is 44.5 Å². The lowest BCUT2D eigenvalue weighted by atomic mass is 9.65. The Morgan fingerprint density at radius 2 is 0.412 bits per heavy atom. The average molecular weight is 877 g/mol. The van der Waals surface area contributed by atoms with E-state index < -0.39 is 0 Å². The van der Waals surface area contributed by atoms with Crippen molar-refractivity contribution < 1.29 is 0 Å². The standard InChI is InChI=1S/C66H56N2/c1-63(2)49-17-9-13-21-57(49)67-58-22-14-10-18-50(58)64(3,4)54-38-47(37-53(63)61(54)67)45-33-29-43(30-34-45)41-25-27-42(28-26-41)44-31-35-46(36-32-44)48-39-55-62-56(40-48)66(7,8)52-20-12-16-24-60(52)68(62)59-23-15-11-19-51(59)65(55,5)6/h9-40H,1-8H3. The smallest absolute Gasteiger partial charge is 0.0544 e. The molecule has 4 aliphatic rings. The number of nitrogens with zero attached hydrogens (tertiary/aromatic N) is 2. The zero-order valence-electron chi connectivity index (χ0n) is 40.4. The van der Waals surface area contributed by atoms with Gasteiger partial charge in [-0.3, -0.25) is 0 Å². The van der Waals surface area contributed by atoms with Crippen LogP contribution in [-0.4, -0.2) is 0 Å². The van der Waals surface area contributed by atoms with Gasteiger partial charge in [0.1, 0.15) is 0 Å². The molecule has 0 aliphatic carbocycles. The van der Waals surface area contributed by atoms with Crippen molar-refractivity contribution in [2.75, 3.05) is 9.80 Å². The fourth-order valence-corrected chi connectivity index (χ4v) is 12.7. The van der Waals surface area contributed by atoms with Gasteiger partial charge >= 0.3 is 0 Å². The molecule has 9 aromatic rings. The lowest BCUT2D eigenvalue weighted by molar-refractivity contribution is 0.597. The molecule has 0 amide bonds. The summed E-state index contributed by atoms with van der Waals surface area (Å²) in [6, 6.07) is 73.4. The Balaban J connectivity index is 0.810. The van der Waals surface area contributed by atoms with Crippen molar-refractivity contribution in [1.82, 2.24) is 0 Å². The largest absolute Gasteiger partial charge is 0.309 e. The van der Waals surface area contributed by atoms with E-state index in [9.17, 15) is 0 Å². The molecule has 0 atom stereocenters. The van der Waals surface area contributed by atoms with Crippen molar-refractivity contribution >= 4 is 34.1 Å². The highest BCUT2D eigenvalue weighted by Gasteiger charge is 2.47. The molecule has 2 nitrogen and oxygen atoms in total. The van der Waals surface area contributed by atoms with Crippen LogP contribution in [0.2, 0.25) is 0 Å². The first kappa shape index (κ1) is 40.8. The topological polar surface area (TPSA) is 6.48 Å². The number of benzene rings is 9. The van der Waals surface area contributed by atoms with Crippen molar-refractivity contribution in [3.63, 3.8) is 0 Å². The molecule has 0 saturated carbocycles. The van der Waals surface area contributed by atoms with Crippen LogP contribution in [0.4, 0.5) is 34.1 Å². The molecule has 13 rings (SSSR count). The van der Waals surface area contributed by atoms with Crippen molar-refractivity contribution in [2.24, 2.45) is 0 Å². The summed E-state index contributed by atoms with van der Waals surface area (Å²) >= 11 is 0. The Morgan fingerprint density at radius 1 is 0.221 bits per heavy atom. The van der Waals surface area contributed by atoms with Gasteiger partial charge in [0.25, 0.3) is 0 Å². The van der Waals surface area contributed by atoms with E-state index in [0.29, 0.717) is 0 Å². The molecule has 0 aromatic heterocycles. The summed E-state index contributed by atoms with van der Waals surface area (Å²) in [5.74, 6) is 0. The fraction of sp³-hybridized carbons (Fsp3) is 0.182. The molecule has 0 radical (unpaired) electrons. The highest BCUT2D eigenvalue weighted by molar-refractivity contribution is 5.96. The summed E-state index contributed by atoms with van der Waals surface area (Å²) in [4.78, 5) is 5.07. The minimum Gasteiger partial charge on any atom is -0.309 e. The summed E-state index contributed by atoms with van der Waals surface area (Å²) in [7, 11) is 0. The van der Waals surface area contributed by atoms with Gasteiger partial charge in [-0.15, -0.1) is 0 Å². The van der Waals surface area contributed by atoms with Crippen LogP contribution >= 0.6 is 0 Å². The van der Waals surface area contributed by atoms with Crippen molar-refractivity contribution in [2.45, 2.75) is 77.0 Å². The highest BCUT2D eigenvalue weighted by Crippen LogP contribution is 2.62. The first-order chi connectivity index (χ1) is 32.7. The maximum atomic E-state index is 2.54. The minimum absolute atomic E-state index is 0.161. The summed E-state index contributed by atoms with van der Waals surface area (Å²) < 4.78 is 0. The number of rotatable bonds is 4. The molecule has 4 heterocycles. The first-order valence-electron chi connectivity index (χ1n) is 24.4. The number of anilines is 6. The van der Waals surface area contributed by atoms with Crippen LogP contribution in [0.1, 0.15) is 99.9 Å². The molecule has 330 valence electrons. The molecule has 9 aromatic carbocycles. The number of hydrogen-bond donors (Lipinski definition) is 0. The van der Waals surface area contributed by atoms with E-state index in [0.717, 1.165) is 0 Å². The van der Waals surface area contributed by atoms with Crippen LogP contribution in [0.3, 0.4) is 0 Å². The summed E-state index contributed by atoms with van der Waals surface area (Å²) in [5.41, 5.74) is 28.1. The van der Waals surface area contributed by atoms with Crippen molar-refractivity contribution in [3.05, 3.63) is 239 Å². The molecule has 0 N–H and O–H groups in total. The third-order valence-electron chi connectivity index (χ3n) is 16.6. The predicted octanol–water partition coefficient (Wildman–Crippen LogP) is 17.9. The van der Waals surface area contributed by atoms with E-state index in [-0.39, 0.29) is 21.7 Å². The van der Waals surface area contributed by atoms with Gasteiger partial charge in [-0.25, -0.2) is 0 Å². The van der Waals surface area contributed by atoms with Crippen LogP contribution < -0.4 is 9.80 Å². The maximum Gasteiger partial charge on any atom is 0.0544 e. The third-order valence-corrected chi connectivity index (χ3v) is 16.6. The second-order valence-corrected chi connectivity index (χ2v) is 21.8. The molecule has 2 heteroatoms. The second kappa shape index (κ2) is 14.1. The lowest BCUT2D eigenvalue weighted by Gasteiger charge is -2.49. The molecular weight excluding hydrogens is 821 g/mol.